The van der Waals surface area contributed by atoms with Crippen LogP contribution in [0.1, 0.15) is 75.3 Å². The van der Waals surface area contributed by atoms with Crippen molar-refractivity contribution in [2.75, 3.05) is 0 Å². The summed E-state index contributed by atoms with van der Waals surface area (Å²) in [5.41, 5.74) is -0.192. The van der Waals surface area contributed by atoms with Gasteiger partial charge in [-0.3, -0.25) is 9.59 Å². The summed E-state index contributed by atoms with van der Waals surface area (Å²) in [5, 5.41) is 22.3. The van der Waals surface area contributed by atoms with Crippen LogP contribution in [0.15, 0.2) is 36.4 Å². The number of hydrogen-bond donors (Lipinski definition) is 2. The van der Waals surface area contributed by atoms with Gasteiger partial charge in [0, 0.05) is 0 Å². The lowest BCUT2D eigenvalue weighted by molar-refractivity contribution is -0.145. The van der Waals surface area contributed by atoms with Crippen molar-refractivity contribution >= 4 is 22.7 Å². The lowest BCUT2D eigenvalue weighted by atomic mass is 9.64. The summed E-state index contributed by atoms with van der Waals surface area (Å²) in [6.45, 7) is 0. The second-order valence-corrected chi connectivity index (χ2v) is 8.61. The molecule has 28 heavy (non-hydrogen) atoms. The largest absolute Gasteiger partial charge is 0.481 e. The fourth-order valence-corrected chi connectivity index (χ4v) is 5.65. The molecule has 2 N–H and O–H groups in total. The van der Waals surface area contributed by atoms with Crippen LogP contribution < -0.4 is 0 Å². The fourth-order valence-electron chi connectivity index (χ4n) is 5.65. The van der Waals surface area contributed by atoms with Crippen molar-refractivity contribution in [2.24, 2.45) is 0 Å². The molecule has 2 saturated carbocycles. The van der Waals surface area contributed by atoms with E-state index in [0.29, 0.717) is 25.7 Å². The van der Waals surface area contributed by atoms with Gasteiger partial charge in [0.1, 0.15) is 0 Å². The van der Waals surface area contributed by atoms with Crippen LogP contribution in [0.5, 0.6) is 0 Å². The molecule has 2 aromatic carbocycles. The first-order chi connectivity index (χ1) is 13.5. The molecule has 0 aliphatic heterocycles. The number of hydrogen-bond acceptors (Lipinski definition) is 2. The SMILES string of the molecule is O=C(O)C1(c2cccc3cccc(C4(C(=O)O)CCCCC4)c23)CCCCC1. The molecular formula is C24H28O4. The summed E-state index contributed by atoms with van der Waals surface area (Å²) >= 11 is 0. The van der Waals surface area contributed by atoms with Gasteiger partial charge in [-0.1, -0.05) is 74.9 Å². The highest BCUT2D eigenvalue weighted by atomic mass is 16.4. The van der Waals surface area contributed by atoms with E-state index in [1.165, 1.54) is 0 Å². The van der Waals surface area contributed by atoms with E-state index < -0.39 is 22.8 Å². The van der Waals surface area contributed by atoms with E-state index in [2.05, 4.69) is 0 Å². The molecule has 0 amide bonds. The number of carboxylic acid groups (broad SMARTS) is 2. The minimum Gasteiger partial charge on any atom is -0.481 e. The highest BCUT2D eigenvalue weighted by Gasteiger charge is 2.46. The molecule has 0 radical (unpaired) electrons. The molecule has 0 spiro atoms. The Hall–Kier alpha value is -2.36. The highest BCUT2D eigenvalue weighted by molar-refractivity contribution is 5.99. The lowest BCUT2D eigenvalue weighted by Crippen LogP contribution is -2.40. The van der Waals surface area contributed by atoms with Crippen LogP contribution in [0.25, 0.3) is 10.8 Å². The predicted molar refractivity (Wildman–Crippen MR) is 109 cm³/mol. The van der Waals surface area contributed by atoms with Gasteiger partial charge in [0.25, 0.3) is 0 Å². The number of benzene rings is 2. The standard InChI is InChI=1S/C24H28O4/c25-21(26)23(13-3-1-4-14-23)18-11-7-9-17-10-8-12-19(20(17)18)24(22(27)28)15-5-2-6-16-24/h7-12H,1-6,13-16H2,(H,25,26)(H,27,28). The summed E-state index contributed by atoms with van der Waals surface area (Å²) in [4.78, 5) is 25.0. The van der Waals surface area contributed by atoms with Crippen molar-refractivity contribution in [1.29, 1.82) is 0 Å². The molecule has 0 bridgehead atoms. The number of carboxylic acids is 2. The van der Waals surface area contributed by atoms with Crippen molar-refractivity contribution in [2.45, 2.75) is 75.0 Å². The second-order valence-electron chi connectivity index (χ2n) is 8.61. The third-order valence-electron chi connectivity index (χ3n) is 7.17. The Kier molecular flexibility index (Phi) is 4.90. The average molecular weight is 380 g/mol. The van der Waals surface area contributed by atoms with Crippen molar-refractivity contribution in [3.05, 3.63) is 47.5 Å². The van der Waals surface area contributed by atoms with Gasteiger partial charge >= 0.3 is 11.9 Å². The third kappa shape index (κ3) is 2.81. The minimum absolute atomic E-state index is 0.621. The van der Waals surface area contributed by atoms with Crippen molar-refractivity contribution in [1.82, 2.24) is 0 Å². The number of fused-ring (bicyclic) bond motifs is 1. The summed E-state index contributed by atoms with van der Waals surface area (Å²) in [6, 6.07) is 11.7. The Labute approximate surface area is 165 Å². The van der Waals surface area contributed by atoms with Crippen LogP contribution in [-0.4, -0.2) is 22.2 Å². The first-order valence-electron chi connectivity index (χ1n) is 10.5. The Balaban J connectivity index is 2.02. The van der Waals surface area contributed by atoms with Crippen molar-refractivity contribution in [3.63, 3.8) is 0 Å². The molecule has 0 atom stereocenters. The zero-order valence-corrected chi connectivity index (χ0v) is 16.2. The van der Waals surface area contributed by atoms with Crippen LogP contribution in [0.2, 0.25) is 0 Å². The first-order valence-corrected chi connectivity index (χ1v) is 10.5. The summed E-state index contributed by atoms with van der Waals surface area (Å²) in [6.07, 6.45) is 8.20. The van der Waals surface area contributed by atoms with Gasteiger partial charge in [-0.2, -0.15) is 0 Å². The smallest absolute Gasteiger partial charge is 0.314 e. The Morgan fingerprint density at radius 1 is 0.643 bits per heavy atom. The van der Waals surface area contributed by atoms with E-state index in [0.717, 1.165) is 60.4 Å². The van der Waals surface area contributed by atoms with Gasteiger partial charge in [-0.15, -0.1) is 0 Å². The molecule has 2 aromatic rings. The van der Waals surface area contributed by atoms with E-state index in [1.54, 1.807) is 0 Å². The Bertz CT molecular complexity index is 831. The fraction of sp³-hybridized carbons (Fsp3) is 0.500. The maximum Gasteiger partial charge on any atom is 0.314 e. The predicted octanol–water partition coefficient (Wildman–Crippen LogP) is 5.41. The van der Waals surface area contributed by atoms with E-state index in [4.69, 9.17) is 0 Å². The van der Waals surface area contributed by atoms with Crippen LogP contribution in [0, 0.1) is 0 Å². The van der Waals surface area contributed by atoms with Crippen molar-refractivity contribution < 1.29 is 19.8 Å². The third-order valence-corrected chi connectivity index (χ3v) is 7.17. The molecule has 4 heteroatoms. The molecule has 148 valence electrons. The maximum atomic E-state index is 12.5. The van der Waals surface area contributed by atoms with Crippen LogP contribution in [0.4, 0.5) is 0 Å². The number of aliphatic carboxylic acids is 2. The van der Waals surface area contributed by atoms with Gasteiger partial charge in [0.05, 0.1) is 10.8 Å². The molecule has 2 aliphatic carbocycles. The Morgan fingerprint density at radius 2 is 1.04 bits per heavy atom. The van der Waals surface area contributed by atoms with Gasteiger partial charge in [0.2, 0.25) is 0 Å². The highest BCUT2D eigenvalue weighted by Crippen LogP contribution is 2.48. The lowest BCUT2D eigenvalue weighted by Gasteiger charge is -2.38. The molecule has 4 rings (SSSR count). The topological polar surface area (TPSA) is 74.6 Å². The molecule has 2 fully saturated rings. The molecule has 0 saturated heterocycles. The van der Waals surface area contributed by atoms with E-state index in [1.807, 2.05) is 36.4 Å². The van der Waals surface area contributed by atoms with Gasteiger partial charge in [0.15, 0.2) is 0 Å². The van der Waals surface area contributed by atoms with Crippen LogP contribution >= 0.6 is 0 Å². The van der Waals surface area contributed by atoms with E-state index >= 15 is 0 Å². The molecule has 0 aromatic heterocycles. The average Bonchev–Trinajstić information content (AvgIpc) is 2.73. The minimum atomic E-state index is -0.914. The zero-order chi connectivity index (χ0) is 19.8. The van der Waals surface area contributed by atoms with Gasteiger partial charge < -0.3 is 10.2 Å². The monoisotopic (exact) mass is 380 g/mol. The zero-order valence-electron chi connectivity index (χ0n) is 16.2. The second kappa shape index (κ2) is 7.23. The molecule has 0 heterocycles. The first kappa shape index (κ1) is 19.0. The van der Waals surface area contributed by atoms with Crippen LogP contribution in [-0.2, 0) is 20.4 Å². The van der Waals surface area contributed by atoms with Crippen LogP contribution in [0.3, 0.4) is 0 Å². The summed E-state index contributed by atoms with van der Waals surface area (Å²) < 4.78 is 0. The normalized spacial score (nSPS) is 21.3. The maximum absolute atomic E-state index is 12.5. The van der Waals surface area contributed by atoms with E-state index in [-0.39, 0.29) is 0 Å². The molecule has 0 unspecified atom stereocenters. The number of rotatable bonds is 4. The molecule has 4 nitrogen and oxygen atoms in total. The van der Waals surface area contributed by atoms with Gasteiger partial charge in [-0.25, -0.2) is 0 Å². The van der Waals surface area contributed by atoms with Crippen molar-refractivity contribution in [3.8, 4) is 0 Å². The van der Waals surface area contributed by atoms with Gasteiger partial charge in [-0.05, 0) is 47.6 Å². The molecule has 2 aliphatic rings. The quantitative estimate of drug-likeness (QED) is 0.743. The Morgan fingerprint density at radius 3 is 1.39 bits per heavy atom. The van der Waals surface area contributed by atoms with E-state index in [9.17, 15) is 19.8 Å². The number of carbonyl (C=O) groups is 2. The molecular weight excluding hydrogens is 352 g/mol. The summed E-state index contributed by atoms with van der Waals surface area (Å²) in [7, 11) is 0. The summed E-state index contributed by atoms with van der Waals surface area (Å²) in [5.74, 6) is -1.55.